The van der Waals surface area contributed by atoms with Crippen molar-refractivity contribution in [2.75, 3.05) is 0 Å². The molecule has 0 aliphatic heterocycles. The lowest BCUT2D eigenvalue weighted by molar-refractivity contribution is 0.680. The molecule has 0 atom stereocenters. The van der Waals surface area contributed by atoms with Gasteiger partial charge in [-0.3, -0.25) is 18.3 Å². The highest BCUT2D eigenvalue weighted by Crippen LogP contribution is 2.17. The summed E-state index contributed by atoms with van der Waals surface area (Å²) in [5, 5.41) is 0. The maximum absolute atomic E-state index is 12.9. The van der Waals surface area contributed by atoms with Crippen molar-refractivity contribution in [3.63, 3.8) is 0 Å². The van der Waals surface area contributed by atoms with E-state index in [2.05, 4.69) is 0 Å². The molecule has 6 heteroatoms. The summed E-state index contributed by atoms with van der Waals surface area (Å²) in [6.45, 7) is 6.30. The van der Waals surface area contributed by atoms with E-state index in [1.54, 1.807) is 9.13 Å². The van der Waals surface area contributed by atoms with Gasteiger partial charge < -0.3 is 0 Å². The summed E-state index contributed by atoms with van der Waals surface area (Å²) >= 11 is 0. The quantitative estimate of drug-likeness (QED) is 0.411. The normalized spacial score (nSPS) is 11.6. The van der Waals surface area contributed by atoms with Crippen molar-refractivity contribution in [3.8, 4) is 0 Å². The van der Waals surface area contributed by atoms with E-state index in [9.17, 15) is 9.59 Å². The predicted octanol–water partition coefficient (Wildman–Crippen LogP) is 4.06. The van der Waals surface area contributed by atoms with Crippen LogP contribution >= 0.6 is 0 Å². The molecule has 0 N–H and O–H groups in total. The molecular formula is C26H26N4O2. The van der Waals surface area contributed by atoms with Gasteiger partial charge in [-0.1, -0.05) is 48.5 Å². The third-order valence-electron chi connectivity index (χ3n) is 6.19. The zero-order valence-corrected chi connectivity index (χ0v) is 18.4. The smallest absolute Gasteiger partial charge is 0.292 e. The summed E-state index contributed by atoms with van der Waals surface area (Å²) in [4.78, 5) is 25.8. The Morgan fingerprint density at radius 2 is 0.812 bits per heavy atom. The summed E-state index contributed by atoms with van der Waals surface area (Å²) in [7, 11) is 0. The molecule has 0 saturated heterocycles. The molecule has 0 radical (unpaired) electrons. The number of aromatic nitrogens is 4. The van der Waals surface area contributed by atoms with E-state index in [1.807, 2.05) is 95.8 Å². The van der Waals surface area contributed by atoms with Gasteiger partial charge in [0.25, 0.3) is 0 Å². The fraction of sp³-hybridized carbons (Fsp3) is 0.231. The van der Waals surface area contributed by atoms with Gasteiger partial charge in [-0.2, -0.15) is 0 Å². The Morgan fingerprint density at radius 3 is 1.12 bits per heavy atom. The molecule has 5 rings (SSSR count). The van der Waals surface area contributed by atoms with Crippen LogP contribution in [0.3, 0.4) is 0 Å². The van der Waals surface area contributed by atoms with Crippen LogP contribution < -0.4 is 11.4 Å². The van der Waals surface area contributed by atoms with Crippen LogP contribution in [0, 0.1) is 0 Å². The molecule has 0 fully saturated rings. The lowest BCUT2D eigenvalue weighted by Gasteiger charge is -2.07. The maximum Gasteiger partial charge on any atom is 0.329 e. The van der Waals surface area contributed by atoms with E-state index in [-0.39, 0.29) is 11.4 Å². The van der Waals surface area contributed by atoms with Crippen LogP contribution in [0.2, 0.25) is 0 Å². The second kappa shape index (κ2) is 8.04. The molecule has 0 aliphatic rings. The fourth-order valence-corrected chi connectivity index (χ4v) is 4.58. The Hall–Kier alpha value is -3.80. The van der Waals surface area contributed by atoms with Gasteiger partial charge in [0.15, 0.2) is 0 Å². The van der Waals surface area contributed by atoms with Crippen molar-refractivity contribution < 1.29 is 0 Å². The van der Waals surface area contributed by atoms with Crippen molar-refractivity contribution in [3.05, 3.63) is 105 Å². The summed E-state index contributed by atoms with van der Waals surface area (Å²) in [6.07, 6.45) is 0. The summed E-state index contributed by atoms with van der Waals surface area (Å²) < 4.78 is 7.26. The fourth-order valence-electron chi connectivity index (χ4n) is 4.58. The zero-order chi connectivity index (χ0) is 22.2. The second-order valence-corrected chi connectivity index (χ2v) is 8.02. The van der Waals surface area contributed by atoms with Gasteiger partial charge in [-0.15, -0.1) is 0 Å². The van der Waals surface area contributed by atoms with Gasteiger partial charge in [0, 0.05) is 13.1 Å². The van der Waals surface area contributed by atoms with Crippen LogP contribution in [0.15, 0.2) is 82.4 Å². The number of benzene rings is 3. The monoisotopic (exact) mass is 426 g/mol. The first-order valence-electron chi connectivity index (χ1n) is 11.1. The third kappa shape index (κ3) is 3.19. The molecule has 5 aromatic rings. The van der Waals surface area contributed by atoms with Crippen molar-refractivity contribution in [2.45, 2.75) is 40.0 Å². The van der Waals surface area contributed by atoms with E-state index < -0.39 is 0 Å². The van der Waals surface area contributed by atoms with Crippen LogP contribution in [-0.4, -0.2) is 18.3 Å². The van der Waals surface area contributed by atoms with E-state index in [1.165, 1.54) is 0 Å². The number of fused-ring (bicyclic) bond motifs is 2. The Balaban J connectivity index is 1.46. The molecule has 32 heavy (non-hydrogen) atoms. The topological polar surface area (TPSA) is 53.9 Å². The third-order valence-corrected chi connectivity index (χ3v) is 6.19. The van der Waals surface area contributed by atoms with Gasteiger partial charge in [0.2, 0.25) is 0 Å². The van der Waals surface area contributed by atoms with Crippen molar-refractivity contribution >= 4 is 22.1 Å². The Bertz CT molecular complexity index is 1410. The molecule has 0 unspecified atom stereocenters. The van der Waals surface area contributed by atoms with E-state index in [0.717, 1.165) is 33.2 Å². The minimum atomic E-state index is 0.0108. The molecule has 2 aromatic heterocycles. The Kier molecular flexibility index (Phi) is 5.05. The highest BCUT2D eigenvalue weighted by atomic mass is 16.2. The molecule has 0 saturated carbocycles. The molecule has 162 valence electrons. The minimum Gasteiger partial charge on any atom is -0.292 e. The molecule has 6 nitrogen and oxygen atoms in total. The lowest BCUT2D eigenvalue weighted by atomic mass is 10.1. The number of nitrogens with zero attached hydrogens (tertiary/aromatic N) is 4. The number of aryl methyl sites for hydroxylation is 2. The van der Waals surface area contributed by atoms with Crippen molar-refractivity contribution in [2.24, 2.45) is 0 Å². The second-order valence-electron chi connectivity index (χ2n) is 8.02. The molecule has 0 spiro atoms. The van der Waals surface area contributed by atoms with Crippen LogP contribution in [-0.2, 0) is 26.2 Å². The highest BCUT2D eigenvalue weighted by molar-refractivity contribution is 5.76. The van der Waals surface area contributed by atoms with Gasteiger partial charge >= 0.3 is 11.4 Å². The van der Waals surface area contributed by atoms with Gasteiger partial charge in [0.1, 0.15) is 0 Å². The number of para-hydroxylation sites is 4. The van der Waals surface area contributed by atoms with Crippen LogP contribution in [0.5, 0.6) is 0 Å². The molecule has 0 amide bonds. The van der Waals surface area contributed by atoms with Crippen LogP contribution in [0.4, 0.5) is 0 Å². The molecular weight excluding hydrogens is 400 g/mol. The SMILES string of the molecule is CCn1c(=O)n(Cc2ccc(Cn3c(=O)n(CC)c4ccccc43)cc2)c2ccccc21. The average Bonchev–Trinajstić information content (AvgIpc) is 3.25. The standard InChI is InChI=1S/C26H26N4O2/c1-3-27-21-9-5-7-11-23(21)29(25(27)31)17-19-13-15-20(16-14-19)18-30-24-12-8-6-10-22(24)28(4-2)26(30)32/h5-16H,3-4,17-18H2,1-2H3. The van der Waals surface area contributed by atoms with E-state index >= 15 is 0 Å². The largest absolute Gasteiger partial charge is 0.329 e. The predicted molar refractivity (Wildman–Crippen MR) is 128 cm³/mol. The van der Waals surface area contributed by atoms with Gasteiger partial charge in [0.05, 0.1) is 35.2 Å². The Labute approximate surface area is 185 Å². The Morgan fingerprint density at radius 1 is 0.500 bits per heavy atom. The number of imidazole rings is 2. The van der Waals surface area contributed by atoms with E-state index in [0.29, 0.717) is 26.2 Å². The van der Waals surface area contributed by atoms with Gasteiger partial charge in [-0.25, -0.2) is 9.59 Å². The van der Waals surface area contributed by atoms with Crippen LogP contribution in [0.1, 0.15) is 25.0 Å². The summed E-state index contributed by atoms with van der Waals surface area (Å²) in [5.41, 5.74) is 5.95. The molecule has 2 heterocycles. The van der Waals surface area contributed by atoms with Crippen molar-refractivity contribution in [1.29, 1.82) is 0 Å². The number of hydrogen-bond donors (Lipinski definition) is 0. The molecule has 0 bridgehead atoms. The van der Waals surface area contributed by atoms with Crippen LogP contribution in [0.25, 0.3) is 22.1 Å². The zero-order valence-electron chi connectivity index (χ0n) is 18.4. The maximum atomic E-state index is 12.9. The highest BCUT2D eigenvalue weighted by Gasteiger charge is 2.13. The first-order valence-corrected chi connectivity index (χ1v) is 11.1. The minimum absolute atomic E-state index is 0.0108. The van der Waals surface area contributed by atoms with E-state index in [4.69, 9.17) is 0 Å². The average molecular weight is 427 g/mol. The number of hydrogen-bond acceptors (Lipinski definition) is 2. The molecule has 3 aromatic carbocycles. The first-order chi connectivity index (χ1) is 15.6. The van der Waals surface area contributed by atoms with Gasteiger partial charge in [-0.05, 0) is 49.2 Å². The number of rotatable bonds is 6. The first kappa shape index (κ1) is 20.1. The lowest BCUT2D eigenvalue weighted by Crippen LogP contribution is -2.24. The summed E-state index contributed by atoms with van der Waals surface area (Å²) in [5.74, 6) is 0. The van der Waals surface area contributed by atoms with Crippen molar-refractivity contribution in [1.82, 2.24) is 18.3 Å². The molecule has 0 aliphatic carbocycles. The summed E-state index contributed by atoms with van der Waals surface area (Å²) in [6, 6.07) is 24.0.